The fraction of sp³-hybridized carbons (Fsp3) is 0.146. The molecule has 0 saturated carbocycles. The van der Waals surface area contributed by atoms with E-state index in [2.05, 4.69) is 135 Å². The molecule has 3 aliphatic rings. The maximum atomic E-state index is 13.7. The minimum Gasteiger partial charge on any atom is -0.294 e. The molecule has 222 valence electrons. The second-order valence-electron chi connectivity index (χ2n) is 13.4. The number of carbonyl (C=O) groups excluding carboxylic acids is 1. The molecule has 0 radical (unpaired) electrons. The van der Waals surface area contributed by atoms with Crippen LogP contribution in [0.15, 0.2) is 121 Å². The highest BCUT2D eigenvalue weighted by atomic mass is 16.1. The summed E-state index contributed by atoms with van der Waals surface area (Å²) in [6, 6.07) is 41.9. The largest absolute Gasteiger partial charge is 0.294 e. The lowest BCUT2D eigenvalue weighted by molar-refractivity contribution is 0.104. The first-order valence-electron chi connectivity index (χ1n) is 15.8. The summed E-state index contributed by atoms with van der Waals surface area (Å²) in [5.74, 6) is 1.49. The van der Waals surface area contributed by atoms with E-state index in [9.17, 15) is 4.79 Å². The van der Waals surface area contributed by atoms with E-state index in [0.717, 1.165) is 34.4 Å². The van der Waals surface area contributed by atoms with Crippen molar-refractivity contribution in [1.82, 2.24) is 9.97 Å². The fourth-order valence-corrected chi connectivity index (χ4v) is 7.85. The molecule has 0 atom stereocenters. The van der Waals surface area contributed by atoms with Crippen molar-refractivity contribution in [2.24, 2.45) is 0 Å². The van der Waals surface area contributed by atoms with Crippen LogP contribution in [0, 0.1) is 0 Å². The molecule has 0 spiro atoms. The molecule has 46 heavy (non-hydrogen) atoms. The molecule has 0 unspecified atom stereocenters. The Kier molecular flexibility index (Phi) is 5.39. The molecule has 0 fully saturated rings. The van der Waals surface area contributed by atoms with Gasteiger partial charge in [-0.15, -0.1) is 0 Å². The third kappa shape index (κ3) is 3.48. The van der Waals surface area contributed by atoms with Crippen LogP contribution in [0.1, 0.15) is 65.9 Å². The zero-order valence-electron chi connectivity index (χ0n) is 26.2. The van der Waals surface area contributed by atoms with E-state index in [1.165, 1.54) is 22.3 Å². The van der Waals surface area contributed by atoms with Gasteiger partial charge in [-0.05, 0) is 70.8 Å². The molecule has 1 aliphatic carbocycles. The maximum Gasteiger partial charge on any atom is 0.197 e. The number of para-hydroxylation sites is 4. The van der Waals surface area contributed by atoms with E-state index >= 15 is 0 Å². The zero-order chi connectivity index (χ0) is 31.4. The van der Waals surface area contributed by atoms with Gasteiger partial charge in [0.2, 0.25) is 0 Å². The number of carbonyl (C=O) groups is 1. The monoisotopic (exact) mass is 596 g/mol. The van der Waals surface area contributed by atoms with Crippen molar-refractivity contribution in [1.29, 1.82) is 0 Å². The predicted octanol–water partition coefficient (Wildman–Crippen LogP) is 9.91. The van der Waals surface area contributed by atoms with E-state index in [0.29, 0.717) is 22.5 Å². The second-order valence-corrected chi connectivity index (χ2v) is 13.4. The number of rotatable bonds is 2. The minimum atomic E-state index is -0.172. The van der Waals surface area contributed by atoms with Gasteiger partial charge in [-0.2, -0.15) is 0 Å². The molecular formula is C41H32N4O. The van der Waals surface area contributed by atoms with E-state index in [-0.39, 0.29) is 16.6 Å². The van der Waals surface area contributed by atoms with Gasteiger partial charge in [0.05, 0.1) is 33.9 Å². The fourth-order valence-electron chi connectivity index (χ4n) is 7.85. The first kappa shape index (κ1) is 26.8. The lowest BCUT2D eigenvalue weighted by atomic mass is 9.73. The van der Waals surface area contributed by atoms with E-state index in [1.807, 2.05) is 24.3 Å². The maximum absolute atomic E-state index is 13.7. The molecule has 4 heterocycles. The molecule has 2 aromatic heterocycles. The zero-order valence-corrected chi connectivity index (χ0v) is 26.2. The Balaban J connectivity index is 1.22. The van der Waals surface area contributed by atoms with Crippen LogP contribution in [0.5, 0.6) is 0 Å². The Bertz CT molecular complexity index is 2010. The van der Waals surface area contributed by atoms with Crippen molar-refractivity contribution >= 4 is 40.2 Å². The SMILES string of the molecule is CC1(C)c2ccccc2N(c2ccc3c(n2)-c2nc(N4c5ccccc5C(C)(C)c5ccccc54)ccc2C3=O)c2ccccc21. The summed E-state index contributed by atoms with van der Waals surface area (Å²) >= 11 is 0. The second kappa shape index (κ2) is 9.24. The van der Waals surface area contributed by atoms with Crippen LogP contribution in [-0.2, 0) is 10.8 Å². The topological polar surface area (TPSA) is 49.3 Å². The van der Waals surface area contributed by atoms with Gasteiger partial charge in [-0.1, -0.05) is 100 Å². The lowest BCUT2D eigenvalue weighted by Crippen LogP contribution is -2.31. The van der Waals surface area contributed by atoms with Crippen molar-refractivity contribution < 1.29 is 4.79 Å². The molecule has 4 aromatic carbocycles. The number of nitrogens with zero attached hydrogens (tertiary/aromatic N) is 4. The molecule has 5 heteroatoms. The molecule has 2 aliphatic heterocycles. The van der Waals surface area contributed by atoms with Gasteiger partial charge in [-0.25, -0.2) is 9.97 Å². The van der Waals surface area contributed by atoms with E-state index < -0.39 is 0 Å². The molecular weight excluding hydrogens is 564 g/mol. The molecule has 0 bridgehead atoms. The Morgan fingerprint density at radius 1 is 0.435 bits per heavy atom. The summed E-state index contributed by atoms with van der Waals surface area (Å²) in [6.45, 7) is 9.10. The van der Waals surface area contributed by atoms with Gasteiger partial charge in [0, 0.05) is 10.8 Å². The summed E-state index contributed by atoms with van der Waals surface area (Å²) in [7, 11) is 0. The summed E-state index contributed by atoms with van der Waals surface area (Å²) in [5, 5.41) is 0. The van der Waals surface area contributed by atoms with Gasteiger partial charge < -0.3 is 0 Å². The van der Waals surface area contributed by atoms with Gasteiger partial charge in [0.1, 0.15) is 23.0 Å². The Hall–Kier alpha value is -5.55. The molecule has 0 N–H and O–H groups in total. The first-order chi connectivity index (χ1) is 22.3. The highest BCUT2D eigenvalue weighted by molar-refractivity contribution is 6.20. The first-order valence-corrected chi connectivity index (χ1v) is 15.8. The Labute approximate surface area is 268 Å². The average Bonchev–Trinajstić information content (AvgIpc) is 3.35. The van der Waals surface area contributed by atoms with Crippen molar-refractivity contribution in [3.05, 3.63) is 155 Å². The minimum absolute atomic E-state index is 0.0377. The van der Waals surface area contributed by atoms with Crippen LogP contribution >= 0.6 is 0 Å². The van der Waals surface area contributed by atoms with Crippen LogP contribution in [0.4, 0.5) is 34.4 Å². The Morgan fingerprint density at radius 2 is 0.739 bits per heavy atom. The summed E-state index contributed by atoms with van der Waals surface area (Å²) in [5.41, 5.74) is 11.4. The molecule has 0 saturated heterocycles. The van der Waals surface area contributed by atoms with E-state index in [1.54, 1.807) is 0 Å². The van der Waals surface area contributed by atoms with Crippen molar-refractivity contribution in [3.8, 4) is 11.4 Å². The molecule has 0 amide bonds. The highest BCUT2D eigenvalue weighted by Crippen LogP contribution is 2.53. The summed E-state index contributed by atoms with van der Waals surface area (Å²) in [4.78, 5) is 28.6. The normalized spacial score (nSPS) is 16.1. The quantitative estimate of drug-likeness (QED) is 0.199. The number of aromatic nitrogens is 2. The highest BCUT2D eigenvalue weighted by Gasteiger charge is 2.40. The van der Waals surface area contributed by atoms with Gasteiger partial charge in [-0.3, -0.25) is 14.6 Å². The van der Waals surface area contributed by atoms with Crippen LogP contribution in [0.3, 0.4) is 0 Å². The van der Waals surface area contributed by atoms with Crippen LogP contribution in [-0.4, -0.2) is 15.8 Å². The number of ketones is 1. The predicted molar refractivity (Wildman–Crippen MR) is 185 cm³/mol. The van der Waals surface area contributed by atoms with Crippen molar-refractivity contribution in [3.63, 3.8) is 0 Å². The van der Waals surface area contributed by atoms with Crippen molar-refractivity contribution in [2.75, 3.05) is 9.80 Å². The molecule has 5 nitrogen and oxygen atoms in total. The summed E-state index contributed by atoms with van der Waals surface area (Å²) in [6.07, 6.45) is 0. The third-order valence-electron chi connectivity index (χ3n) is 10.2. The number of hydrogen-bond acceptors (Lipinski definition) is 5. The molecule has 6 aromatic rings. The number of anilines is 6. The number of pyridine rings is 2. The van der Waals surface area contributed by atoms with E-state index in [4.69, 9.17) is 9.97 Å². The lowest BCUT2D eigenvalue weighted by Gasteiger charge is -2.41. The average molecular weight is 597 g/mol. The standard InChI is InChI=1S/C41H32N4O/c1-40(2)27-13-5-9-17-31(27)44(32-18-10-6-14-28(32)40)35-23-21-25-37(42-35)38-26(39(25)46)22-24-36(43-38)45-33-19-11-7-15-29(33)41(3,4)30-16-8-12-20-34(30)45/h5-24H,1-4H3. The number of fused-ring (bicyclic) bond motifs is 7. The third-order valence-corrected chi connectivity index (χ3v) is 10.2. The van der Waals surface area contributed by atoms with Gasteiger partial charge in [0.15, 0.2) is 5.78 Å². The smallest absolute Gasteiger partial charge is 0.197 e. The van der Waals surface area contributed by atoms with Crippen LogP contribution in [0.2, 0.25) is 0 Å². The van der Waals surface area contributed by atoms with Gasteiger partial charge in [0.25, 0.3) is 0 Å². The number of benzene rings is 4. The summed E-state index contributed by atoms with van der Waals surface area (Å²) < 4.78 is 0. The van der Waals surface area contributed by atoms with Crippen LogP contribution in [0.25, 0.3) is 11.4 Å². The Morgan fingerprint density at radius 3 is 1.07 bits per heavy atom. The van der Waals surface area contributed by atoms with Gasteiger partial charge >= 0.3 is 0 Å². The molecule has 9 rings (SSSR count). The number of hydrogen-bond donors (Lipinski definition) is 0. The van der Waals surface area contributed by atoms with Crippen molar-refractivity contribution in [2.45, 2.75) is 38.5 Å². The van der Waals surface area contributed by atoms with Crippen LogP contribution < -0.4 is 9.80 Å².